The maximum atomic E-state index is 11.4. The zero-order chi connectivity index (χ0) is 15.4. The van der Waals surface area contributed by atoms with E-state index in [0.29, 0.717) is 23.6 Å². The maximum absolute atomic E-state index is 11.4. The molecule has 0 atom stereocenters. The Morgan fingerprint density at radius 2 is 1.90 bits per heavy atom. The Balaban J connectivity index is 2.12. The van der Waals surface area contributed by atoms with Gasteiger partial charge < -0.3 is 10.4 Å². The molecule has 1 aromatic heterocycles. The van der Waals surface area contributed by atoms with Crippen molar-refractivity contribution in [3.63, 3.8) is 0 Å². The fourth-order valence-electron chi connectivity index (χ4n) is 2.20. The van der Waals surface area contributed by atoms with Gasteiger partial charge in [-0.1, -0.05) is 24.3 Å². The van der Waals surface area contributed by atoms with Gasteiger partial charge in [0.2, 0.25) is 0 Å². The number of hydrogen-bond donors (Lipinski definition) is 2. The second-order valence-electron chi connectivity index (χ2n) is 5.04. The minimum Gasteiger partial charge on any atom is -0.478 e. The Kier molecular flexibility index (Phi) is 4.52. The molecule has 1 heterocycles. The predicted molar refractivity (Wildman–Crippen MR) is 81.8 cm³/mol. The normalized spacial score (nSPS) is 10.4. The molecule has 0 fully saturated rings. The quantitative estimate of drug-likeness (QED) is 0.883. The number of aromatic nitrogens is 2. The topological polar surface area (TPSA) is 75.1 Å². The molecule has 0 bridgehead atoms. The van der Waals surface area contributed by atoms with Crippen LogP contribution in [0.15, 0.2) is 24.3 Å². The number of aromatic carboxylic acids is 1. The van der Waals surface area contributed by atoms with Gasteiger partial charge in [0.1, 0.15) is 5.56 Å². The summed E-state index contributed by atoms with van der Waals surface area (Å²) >= 11 is 0. The van der Waals surface area contributed by atoms with Crippen molar-refractivity contribution in [1.82, 2.24) is 10.2 Å². The van der Waals surface area contributed by atoms with Crippen molar-refractivity contribution >= 4 is 11.8 Å². The molecular formula is C16H19N3O2. The molecule has 0 spiro atoms. The minimum atomic E-state index is -0.983. The van der Waals surface area contributed by atoms with Gasteiger partial charge in [-0.25, -0.2) is 4.79 Å². The van der Waals surface area contributed by atoms with Crippen molar-refractivity contribution in [1.29, 1.82) is 0 Å². The molecule has 0 amide bonds. The summed E-state index contributed by atoms with van der Waals surface area (Å²) in [5.41, 5.74) is 3.95. The van der Waals surface area contributed by atoms with Gasteiger partial charge in [0.05, 0.1) is 5.69 Å². The summed E-state index contributed by atoms with van der Waals surface area (Å²) in [5.74, 6) is -0.650. The van der Waals surface area contributed by atoms with E-state index in [9.17, 15) is 9.90 Å². The Bertz CT molecular complexity index is 669. The van der Waals surface area contributed by atoms with E-state index in [-0.39, 0.29) is 5.56 Å². The number of rotatable bonds is 5. The lowest BCUT2D eigenvalue weighted by molar-refractivity contribution is 0.0696. The molecule has 5 nitrogen and oxygen atoms in total. The van der Waals surface area contributed by atoms with E-state index < -0.39 is 5.97 Å². The van der Waals surface area contributed by atoms with Gasteiger partial charge in [-0.05, 0) is 43.9 Å². The van der Waals surface area contributed by atoms with Crippen molar-refractivity contribution < 1.29 is 9.90 Å². The van der Waals surface area contributed by atoms with Crippen molar-refractivity contribution in [3.05, 3.63) is 52.2 Å². The van der Waals surface area contributed by atoms with Crippen molar-refractivity contribution in [2.45, 2.75) is 27.2 Å². The molecule has 2 N–H and O–H groups in total. The first-order chi connectivity index (χ1) is 10.0. The van der Waals surface area contributed by atoms with E-state index in [4.69, 9.17) is 0 Å². The van der Waals surface area contributed by atoms with Gasteiger partial charge in [0, 0.05) is 6.54 Å². The second kappa shape index (κ2) is 6.35. The Hall–Kier alpha value is -2.43. The van der Waals surface area contributed by atoms with Crippen LogP contribution in [0.3, 0.4) is 0 Å². The molecular weight excluding hydrogens is 266 g/mol. The number of anilines is 1. The second-order valence-corrected chi connectivity index (χ2v) is 5.04. The molecule has 0 saturated heterocycles. The van der Waals surface area contributed by atoms with Crippen LogP contribution < -0.4 is 5.32 Å². The van der Waals surface area contributed by atoms with Crippen molar-refractivity contribution in [3.8, 4) is 0 Å². The van der Waals surface area contributed by atoms with Gasteiger partial charge in [-0.2, -0.15) is 5.10 Å². The van der Waals surface area contributed by atoms with Gasteiger partial charge in [-0.3, -0.25) is 0 Å². The molecule has 2 aromatic rings. The average molecular weight is 285 g/mol. The van der Waals surface area contributed by atoms with E-state index >= 15 is 0 Å². The summed E-state index contributed by atoms with van der Waals surface area (Å²) in [5, 5.41) is 20.4. The van der Waals surface area contributed by atoms with E-state index in [1.807, 2.05) is 12.1 Å². The first-order valence-electron chi connectivity index (χ1n) is 6.86. The van der Waals surface area contributed by atoms with E-state index in [1.165, 1.54) is 11.1 Å². The molecule has 1 aromatic carbocycles. The van der Waals surface area contributed by atoms with Crippen LogP contribution in [0, 0.1) is 20.8 Å². The first-order valence-corrected chi connectivity index (χ1v) is 6.86. The number of nitrogens with zero attached hydrogens (tertiary/aromatic N) is 2. The van der Waals surface area contributed by atoms with Crippen LogP contribution in [0.25, 0.3) is 0 Å². The highest BCUT2D eigenvalue weighted by molar-refractivity contribution is 5.94. The SMILES string of the molecule is Cc1ccccc1CCNc1nnc(C)c(C)c1C(=O)O. The predicted octanol–water partition coefficient (Wildman–Crippen LogP) is 2.75. The van der Waals surface area contributed by atoms with E-state index in [1.54, 1.807) is 13.8 Å². The standard InChI is InChI=1S/C16H19N3O2/c1-10-6-4-5-7-13(10)8-9-17-15-14(16(20)21)11(2)12(3)18-19-15/h4-7H,8-9H2,1-3H3,(H,17,19)(H,20,21). The van der Waals surface area contributed by atoms with Gasteiger partial charge in [0.15, 0.2) is 5.82 Å². The smallest absolute Gasteiger partial charge is 0.339 e. The number of benzene rings is 1. The van der Waals surface area contributed by atoms with E-state index in [2.05, 4.69) is 34.6 Å². The molecule has 0 aliphatic rings. The number of carboxylic acid groups (broad SMARTS) is 1. The number of hydrogen-bond acceptors (Lipinski definition) is 4. The van der Waals surface area contributed by atoms with Crippen molar-refractivity contribution in [2.75, 3.05) is 11.9 Å². The van der Waals surface area contributed by atoms with Gasteiger partial charge in [0.25, 0.3) is 0 Å². The third-order valence-corrected chi connectivity index (χ3v) is 3.62. The highest BCUT2D eigenvalue weighted by Crippen LogP contribution is 2.18. The average Bonchev–Trinajstić information content (AvgIpc) is 2.44. The number of carbonyl (C=O) groups is 1. The number of aryl methyl sites for hydroxylation is 2. The third-order valence-electron chi connectivity index (χ3n) is 3.62. The molecule has 0 radical (unpaired) electrons. The highest BCUT2D eigenvalue weighted by Gasteiger charge is 2.17. The fourth-order valence-corrected chi connectivity index (χ4v) is 2.20. The van der Waals surface area contributed by atoms with Crippen LogP contribution in [0.5, 0.6) is 0 Å². The molecule has 2 rings (SSSR count). The van der Waals surface area contributed by atoms with Crippen LogP contribution in [0.1, 0.15) is 32.7 Å². The summed E-state index contributed by atoms with van der Waals surface area (Å²) in [6.45, 7) is 6.18. The molecule has 0 aliphatic carbocycles. The molecule has 5 heteroatoms. The molecule has 0 aliphatic heterocycles. The molecule has 21 heavy (non-hydrogen) atoms. The Morgan fingerprint density at radius 1 is 1.19 bits per heavy atom. The summed E-state index contributed by atoms with van der Waals surface area (Å²) in [4.78, 5) is 11.4. The largest absolute Gasteiger partial charge is 0.478 e. The van der Waals surface area contributed by atoms with Crippen LogP contribution >= 0.6 is 0 Å². The zero-order valence-corrected chi connectivity index (χ0v) is 12.5. The van der Waals surface area contributed by atoms with Crippen molar-refractivity contribution in [2.24, 2.45) is 0 Å². The highest BCUT2D eigenvalue weighted by atomic mass is 16.4. The van der Waals surface area contributed by atoms with Crippen LogP contribution in [0.2, 0.25) is 0 Å². The lowest BCUT2D eigenvalue weighted by Crippen LogP contribution is -2.15. The Labute approximate surface area is 124 Å². The van der Waals surface area contributed by atoms with Crippen LogP contribution in [0.4, 0.5) is 5.82 Å². The summed E-state index contributed by atoms with van der Waals surface area (Å²) < 4.78 is 0. The fraction of sp³-hybridized carbons (Fsp3) is 0.312. The van der Waals surface area contributed by atoms with Gasteiger partial charge in [-0.15, -0.1) is 5.10 Å². The molecule has 0 saturated carbocycles. The number of carboxylic acids is 1. The maximum Gasteiger partial charge on any atom is 0.339 e. The monoisotopic (exact) mass is 285 g/mol. The van der Waals surface area contributed by atoms with Crippen LogP contribution in [-0.2, 0) is 6.42 Å². The summed E-state index contributed by atoms with van der Waals surface area (Å²) in [7, 11) is 0. The lowest BCUT2D eigenvalue weighted by atomic mass is 10.1. The third kappa shape index (κ3) is 3.37. The number of nitrogens with one attached hydrogen (secondary N) is 1. The summed E-state index contributed by atoms with van der Waals surface area (Å²) in [6.07, 6.45) is 0.806. The summed E-state index contributed by atoms with van der Waals surface area (Å²) in [6, 6.07) is 8.14. The molecule has 0 unspecified atom stereocenters. The van der Waals surface area contributed by atoms with Crippen LogP contribution in [-0.4, -0.2) is 27.8 Å². The minimum absolute atomic E-state index is 0.201. The first kappa shape index (κ1) is 15.0. The zero-order valence-electron chi connectivity index (χ0n) is 12.5. The van der Waals surface area contributed by atoms with E-state index in [0.717, 1.165) is 6.42 Å². The lowest BCUT2D eigenvalue weighted by Gasteiger charge is -2.12. The van der Waals surface area contributed by atoms with Gasteiger partial charge >= 0.3 is 5.97 Å². The Morgan fingerprint density at radius 3 is 2.57 bits per heavy atom. The molecule has 110 valence electrons.